The summed E-state index contributed by atoms with van der Waals surface area (Å²) in [6.07, 6.45) is 7.06. The number of para-hydroxylation sites is 1. The number of aliphatic hydroxyl groups is 1. The number of carbonyl (C=O) groups is 3. The lowest BCUT2D eigenvalue weighted by atomic mass is 9.70. The highest BCUT2D eigenvalue weighted by Crippen LogP contribution is 2.68. The zero-order chi connectivity index (χ0) is 32.1. The summed E-state index contributed by atoms with van der Waals surface area (Å²) in [5, 5.41) is 9.55. The van der Waals surface area contributed by atoms with Crippen LogP contribution in [0.2, 0.25) is 5.02 Å². The Balaban J connectivity index is 1.53. The largest absolute Gasteiger partial charge is 0.396 e. The van der Waals surface area contributed by atoms with Gasteiger partial charge >= 0.3 is 0 Å². The second-order valence-electron chi connectivity index (χ2n) is 12.0. The third-order valence-electron chi connectivity index (χ3n) is 9.21. The Labute approximate surface area is 283 Å². The highest BCUT2D eigenvalue weighted by molar-refractivity contribution is 9.09. The number of amides is 3. The van der Waals surface area contributed by atoms with E-state index in [9.17, 15) is 19.5 Å². The lowest BCUT2D eigenvalue weighted by Gasteiger charge is -2.38. The molecule has 2 aromatic carbocycles. The van der Waals surface area contributed by atoms with Gasteiger partial charge in [0.05, 0.1) is 27.3 Å². The number of hydrogen-bond acceptors (Lipinski definition) is 5. The number of fused-ring (bicyclic) bond motifs is 1. The molecule has 0 radical (unpaired) electrons. The number of anilines is 1. The number of likely N-dealkylation sites (tertiary alicyclic amines) is 1. The quantitative estimate of drug-likeness (QED) is 0.137. The van der Waals surface area contributed by atoms with Crippen molar-refractivity contribution in [2.24, 2.45) is 11.8 Å². The minimum Gasteiger partial charge on any atom is -0.396 e. The molecule has 7 nitrogen and oxygen atoms in total. The molecule has 3 fully saturated rings. The molecular formula is C35H41BrClN3O4S. The number of thioether (sulfide) groups is 1. The van der Waals surface area contributed by atoms with Crippen LogP contribution in [-0.4, -0.2) is 79.7 Å². The fraction of sp³-hybridized carbons (Fsp3) is 0.457. The van der Waals surface area contributed by atoms with Gasteiger partial charge < -0.3 is 19.8 Å². The van der Waals surface area contributed by atoms with Gasteiger partial charge in [0.1, 0.15) is 6.04 Å². The SMILES string of the molecule is C=CCN(Cc1ccccc1)C(=O)[C@H]1[C@H]2C(=O)N(CCCCCCO)C(C(=O)N(CC=C)c3ccccc3Cl)C23CC(Br)[C@@H]1S3. The molecule has 0 saturated carbocycles. The van der Waals surface area contributed by atoms with Crippen LogP contribution in [-0.2, 0) is 20.9 Å². The Kier molecular flexibility index (Phi) is 11.2. The standard InChI is InChI=1S/C35H41BrClN3O4S/c1-3-18-38(23-24-14-8-7-9-15-24)32(42)28-29-33(43)40(20-12-5-6-13-21-41)31(35(29)22-25(36)30(28)45-35)34(44)39(19-4-2)27-17-11-10-16-26(27)37/h3-4,7-11,14-17,25,28-31,41H,1-2,5-6,12-13,18-23H2/t25?,28-,29-,30-,31?,35?/m0/s1. The Morgan fingerprint density at radius 1 is 1.02 bits per heavy atom. The van der Waals surface area contributed by atoms with Crippen LogP contribution in [0, 0.1) is 11.8 Å². The number of hydrogen-bond donors (Lipinski definition) is 1. The van der Waals surface area contributed by atoms with Crippen LogP contribution in [0.5, 0.6) is 0 Å². The first-order chi connectivity index (χ1) is 21.8. The molecule has 3 heterocycles. The number of alkyl halides is 1. The molecule has 0 aromatic heterocycles. The third-order valence-corrected chi connectivity index (χ3v) is 12.8. The van der Waals surface area contributed by atoms with E-state index >= 15 is 0 Å². The number of unbranched alkanes of at least 4 members (excludes halogenated alkanes) is 3. The second-order valence-corrected chi connectivity index (χ2v) is 15.1. The lowest BCUT2D eigenvalue weighted by Crippen LogP contribution is -2.56. The fourth-order valence-corrected chi connectivity index (χ4v) is 11.2. The van der Waals surface area contributed by atoms with Crippen LogP contribution in [0.3, 0.4) is 0 Å². The maximum absolute atomic E-state index is 14.8. The van der Waals surface area contributed by atoms with Crippen molar-refractivity contribution in [2.75, 3.05) is 31.1 Å². The predicted octanol–water partition coefficient (Wildman–Crippen LogP) is 6.09. The molecular weight excluding hydrogens is 674 g/mol. The van der Waals surface area contributed by atoms with Gasteiger partial charge in [-0.05, 0) is 37.0 Å². The summed E-state index contributed by atoms with van der Waals surface area (Å²) in [5.74, 6) is -1.61. The summed E-state index contributed by atoms with van der Waals surface area (Å²) >= 11 is 12.1. The van der Waals surface area contributed by atoms with E-state index in [1.807, 2.05) is 48.5 Å². The molecule has 3 saturated heterocycles. The number of halogens is 2. The van der Waals surface area contributed by atoms with Gasteiger partial charge in [0.25, 0.3) is 5.91 Å². The number of benzene rings is 2. The Morgan fingerprint density at radius 3 is 2.40 bits per heavy atom. The van der Waals surface area contributed by atoms with Gasteiger partial charge in [-0.15, -0.1) is 24.9 Å². The van der Waals surface area contributed by atoms with Gasteiger partial charge in [-0.3, -0.25) is 14.4 Å². The van der Waals surface area contributed by atoms with Crippen molar-refractivity contribution in [1.82, 2.24) is 9.80 Å². The molecule has 3 aliphatic rings. The van der Waals surface area contributed by atoms with Gasteiger partial charge in [0.2, 0.25) is 11.8 Å². The van der Waals surface area contributed by atoms with Crippen LogP contribution in [0.4, 0.5) is 5.69 Å². The monoisotopic (exact) mass is 713 g/mol. The van der Waals surface area contributed by atoms with E-state index in [1.54, 1.807) is 44.7 Å². The van der Waals surface area contributed by atoms with Crippen LogP contribution < -0.4 is 4.90 Å². The Hall–Kier alpha value is -2.59. The first-order valence-electron chi connectivity index (χ1n) is 15.6. The molecule has 1 spiro atoms. The Morgan fingerprint density at radius 2 is 1.71 bits per heavy atom. The van der Waals surface area contributed by atoms with Crippen LogP contribution in [0.15, 0.2) is 79.9 Å². The van der Waals surface area contributed by atoms with Gasteiger partial charge in [-0.25, -0.2) is 0 Å². The van der Waals surface area contributed by atoms with Gasteiger partial charge in [-0.2, -0.15) is 0 Å². The summed E-state index contributed by atoms with van der Waals surface area (Å²) in [6, 6.07) is 16.3. The highest BCUT2D eigenvalue weighted by Gasteiger charge is 2.76. The topological polar surface area (TPSA) is 81.2 Å². The first-order valence-corrected chi connectivity index (χ1v) is 17.8. The van der Waals surface area contributed by atoms with E-state index in [0.717, 1.165) is 18.4 Å². The molecule has 10 heteroatoms. The third kappa shape index (κ3) is 6.51. The fourth-order valence-electron chi connectivity index (χ4n) is 7.34. The number of aliphatic hydroxyl groups excluding tert-OH is 1. The second kappa shape index (κ2) is 14.9. The molecule has 3 aliphatic heterocycles. The normalized spacial score (nSPS) is 26.5. The summed E-state index contributed by atoms with van der Waals surface area (Å²) in [5.41, 5.74) is 1.57. The van der Waals surface area contributed by atoms with Crippen molar-refractivity contribution >= 4 is 62.7 Å². The molecule has 3 amide bonds. The minimum atomic E-state index is -0.772. The molecule has 240 valence electrons. The van der Waals surface area contributed by atoms with Crippen LogP contribution in [0.25, 0.3) is 0 Å². The molecule has 5 rings (SSSR count). The summed E-state index contributed by atoms with van der Waals surface area (Å²) in [7, 11) is 0. The molecule has 3 unspecified atom stereocenters. The maximum atomic E-state index is 14.8. The molecule has 2 bridgehead atoms. The molecule has 1 N–H and O–H groups in total. The van der Waals surface area contributed by atoms with E-state index in [2.05, 4.69) is 29.1 Å². The summed E-state index contributed by atoms with van der Waals surface area (Å²) in [4.78, 5) is 49.1. The van der Waals surface area contributed by atoms with Gasteiger partial charge in [0.15, 0.2) is 0 Å². The van der Waals surface area contributed by atoms with Crippen molar-refractivity contribution in [3.63, 3.8) is 0 Å². The van der Waals surface area contributed by atoms with E-state index in [4.69, 9.17) is 11.6 Å². The summed E-state index contributed by atoms with van der Waals surface area (Å²) < 4.78 is -0.772. The Bertz CT molecular complexity index is 1410. The smallest absolute Gasteiger partial charge is 0.251 e. The van der Waals surface area contributed by atoms with Gasteiger partial charge in [0, 0.05) is 42.9 Å². The maximum Gasteiger partial charge on any atom is 0.251 e. The predicted molar refractivity (Wildman–Crippen MR) is 186 cm³/mol. The van der Waals surface area contributed by atoms with Crippen molar-refractivity contribution in [2.45, 2.75) is 59.5 Å². The molecule has 45 heavy (non-hydrogen) atoms. The van der Waals surface area contributed by atoms with Crippen molar-refractivity contribution in [1.29, 1.82) is 0 Å². The van der Waals surface area contributed by atoms with Gasteiger partial charge in [-0.1, -0.05) is 95.0 Å². The van der Waals surface area contributed by atoms with E-state index < -0.39 is 22.6 Å². The zero-order valence-electron chi connectivity index (χ0n) is 25.4. The number of nitrogens with zero attached hydrogens (tertiary/aromatic N) is 3. The molecule has 6 atom stereocenters. The van der Waals surface area contributed by atoms with E-state index in [0.29, 0.717) is 49.6 Å². The molecule has 0 aliphatic carbocycles. The van der Waals surface area contributed by atoms with Crippen molar-refractivity contribution < 1.29 is 19.5 Å². The summed E-state index contributed by atoms with van der Waals surface area (Å²) in [6.45, 7) is 9.34. The molecule has 2 aromatic rings. The zero-order valence-corrected chi connectivity index (χ0v) is 28.6. The average Bonchev–Trinajstić information content (AvgIpc) is 3.63. The minimum absolute atomic E-state index is 0.0317. The van der Waals surface area contributed by atoms with Crippen LogP contribution >= 0.6 is 39.3 Å². The lowest BCUT2D eigenvalue weighted by molar-refractivity contribution is -0.144. The highest BCUT2D eigenvalue weighted by atomic mass is 79.9. The van der Waals surface area contributed by atoms with Crippen LogP contribution in [0.1, 0.15) is 37.7 Å². The first kappa shape index (κ1) is 33.8. The number of rotatable bonds is 15. The van der Waals surface area contributed by atoms with E-state index in [-0.39, 0.29) is 41.0 Å². The number of carbonyl (C=O) groups excluding carboxylic acids is 3. The van der Waals surface area contributed by atoms with Crippen molar-refractivity contribution in [3.05, 3.63) is 90.5 Å². The van der Waals surface area contributed by atoms with E-state index in [1.165, 1.54) is 0 Å². The van der Waals surface area contributed by atoms with Crippen molar-refractivity contribution in [3.8, 4) is 0 Å². The average molecular weight is 715 g/mol.